The molecule has 4 N–H and O–H groups in total. The smallest absolute Gasteiger partial charge is 0.419 e. The summed E-state index contributed by atoms with van der Waals surface area (Å²) < 4.78 is 207. The van der Waals surface area contributed by atoms with Crippen molar-refractivity contribution in [2.75, 3.05) is 0 Å². The molecule has 20 nitrogen and oxygen atoms in total. The van der Waals surface area contributed by atoms with Gasteiger partial charge in [0, 0.05) is 69.2 Å². The lowest BCUT2D eigenvalue weighted by Gasteiger charge is -2.08. The molecule has 16 aromatic rings. The van der Waals surface area contributed by atoms with E-state index in [0.29, 0.717) is 123 Å². The molecule has 700 valence electrons. The zero-order valence-electron chi connectivity index (χ0n) is 71.4. The largest absolute Gasteiger partial charge is 0.486 e. The molecule has 0 unspecified atom stereocenters. The number of aliphatic carboxylic acids is 4. The third-order valence-electron chi connectivity index (χ3n) is 19.8. The molecule has 0 spiro atoms. The van der Waals surface area contributed by atoms with Crippen molar-refractivity contribution in [1.82, 2.24) is 39.9 Å². The second-order valence-electron chi connectivity index (χ2n) is 30.3. The number of ether oxygens (including phenoxy) is 2. The number of hydrogen-bond acceptors (Lipinski definition) is 24. The maximum atomic E-state index is 14.0. The number of rotatable bonds is 28. The van der Waals surface area contributed by atoms with Gasteiger partial charge in [-0.3, -0.25) is 19.2 Å². The molecule has 0 amide bonds. The molecule has 0 saturated carbocycles. The molecule has 16 rings (SSSR count). The number of benzene rings is 8. The van der Waals surface area contributed by atoms with Gasteiger partial charge in [0.2, 0.25) is 0 Å². The number of alkyl halides is 12. The first-order chi connectivity index (χ1) is 63.2. The van der Waals surface area contributed by atoms with Crippen LogP contribution in [0, 0.1) is 67.0 Å². The van der Waals surface area contributed by atoms with Gasteiger partial charge in [-0.15, -0.1) is 91.5 Å². The van der Waals surface area contributed by atoms with Gasteiger partial charge < -0.3 is 38.7 Å². The van der Waals surface area contributed by atoms with E-state index in [0.717, 1.165) is 131 Å². The highest BCUT2D eigenvalue weighted by molar-refractivity contribution is 7.99. The number of aromatic nitrogens is 8. The maximum absolute atomic E-state index is 14.0. The average Bonchev–Trinajstić information content (AvgIpc) is 1.66. The SMILES string of the molecule is Cc1cc(OCc2sc(-c3ccc(C(F)(F)F)c(F)c3)nc2C)c2sc(CCC(=O)O)nc2c1.Cc1cc(OCc2sc(-c3ccc(C(F)(F)F)cc3)nc2C)c2sc(CCC(=O)O)nc2c1.Cc1cc(SCc2sc(-c3ccc(C(F)(F)F)c(F)c3)nc2C)c2oc(CCC(=O)O)nc2c1.Cc1cc(SCc2sc(-c3ccc(C(F)(F)F)cc3)nc2C)c2oc(CCC(=O)O)nc2c1. The number of carboxylic acids is 4. The summed E-state index contributed by atoms with van der Waals surface area (Å²) in [5.41, 5.74) is 8.60. The third kappa shape index (κ3) is 25.6. The lowest BCUT2D eigenvalue weighted by atomic mass is 10.1. The van der Waals surface area contributed by atoms with Crippen LogP contribution in [0.1, 0.15) is 134 Å². The van der Waals surface area contributed by atoms with Crippen molar-refractivity contribution in [3.63, 3.8) is 0 Å². The van der Waals surface area contributed by atoms with Gasteiger partial charge in [-0.25, -0.2) is 48.7 Å². The Bertz CT molecular complexity index is 6620. The quantitative estimate of drug-likeness (QED) is 0.0262. The number of thiazole rings is 6. The van der Waals surface area contributed by atoms with Crippen LogP contribution in [0.2, 0.25) is 0 Å². The summed E-state index contributed by atoms with van der Waals surface area (Å²) in [5, 5.41) is 39.2. The summed E-state index contributed by atoms with van der Waals surface area (Å²) in [4.78, 5) is 84.3. The van der Waals surface area contributed by atoms with E-state index in [-0.39, 0.29) is 62.9 Å². The van der Waals surface area contributed by atoms with Crippen LogP contribution in [-0.4, -0.2) is 84.2 Å². The highest BCUT2D eigenvalue weighted by Gasteiger charge is 2.37. The van der Waals surface area contributed by atoms with Crippen molar-refractivity contribution in [3.05, 3.63) is 254 Å². The van der Waals surface area contributed by atoms with Crippen LogP contribution >= 0.6 is 91.5 Å². The highest BCUT2D eigenvalue weighted by atomic mass is 32.2. The zero-order chi connectivity index (χ0) is 96.7. The van der Waals surface area contributed by atoms with E-state index >= 15 is 0 Å². The van der Waals surface area contributed by atoms with E-state index in [4.69, 9.17) is 38.7 Å². The molecule has 0 fully saturated rings. The average molecular weight is 2010 g/mol. The first-order valence-corrected chi connectivity index (χ1v) is 47.0. The van der Waals surface area contributed by atoms with E-state index < -0.39 is 82.5 Å². The monoisotopic (exact) mass is 2000 g/mol. The predicted octanol–water partition coefficient (Wildman–Crippen LogP) is 27.4. The van der Waals surface area contributed by atoms with Gasteiger partial charge in [-0.2, -0.15) is 52.7 Å². The van der Waals surface area contributed by atoms with Crippen molar-refractivity contribution < 1.29 is 119 Å². The molecule has 8 heterocycles. The fourth-order valence-corrected chi connectivity index (χ4v) is 21.7. The molecule has 134 heavy (non-hydrogen) atoms. The lowest BCUT2D eigenvalue weighted by molar-refractivity contribution is -0.140. The highest BCUT2D eigenvalue weighted by Crippen LogP contribution is 2.45. The minimum Gasteiger partial charge on any atom is -0.486 e. The van der Waals surface area contributed by atoms with Crippen LogP contribution in [0.25, 0.3) is 84.9 Å². The molecule has 8 aromatic carbocycles. The Labute approximate surface area is 785 Å². The predicted molar refractivity (Wildman–Crippen MR) is 487 cm³/mol. The molecule has 42 heteroatoms. The summed E-state index contributed by atoms with van der Waals surface area (Å²) >= 11 is 11.2. The normalized spacial score (nSPS) is 11.9. The Hall–Kier alpha value is -11.8. The van der Waals surface area contributed by atoms with Gasteiger partial charge in [0.1, 0.15) is 67.4 Å². The molecule has 0 bridgehead atoms. The number of oxazole rings is 2. The molecular formula is C92H74F14N8O12S8. The molecule has 0 aliphatic carbocycles. The number of thioether (sulfide) groups is 2. The van der Waals surface area contributed by atoms with Crippen molar-refractivity contribution in [2.24, 2.45) is 0 Å². The summed E-state index contributed by atoms with van der Waals surface area (Å²) in [5.74, 6) is -3.17. The number of aryl methyl sites for hydroxylation is 12. The first kappa shape index (κ1) is 99.7. The van der Waals surface area contributed by atoms with Crippen molar-refractivity contribution >= 4 is 158 Å². The van der Waals surface area contributed by atoms with Crippen LogP contribution in [0.5, 0.6) is 11.5 Å². The molecule has 0 saturated heterocycles. The zero-order valence-corrected chi connectivity index (χ0v) is 77.9. The lowest BCUT2D eigenvalue weighted by Crippen LogP contribution is -2.07. The van der Waals surface area contributed by atoms with Crippen LogP contribution in [-0.2, 0) is 94.3 Å². The number of nitrogens with zero attached hydrogens (tertiary/aromatic N) is 8. The van der Waals surface area contributed by atoms with E-state index in [9.17, 15) is 80.6 Å². The Balaban J connectivity index is 0.000000152. The van der Waals surface area contributed by atoms with Crippen LogP contribution in [0.15, 0.2) is 152 Å². The summed E-state index contributed by atoms with van der Waals surface area (Å²) in [7, 11) is 0. The first-order valence-electron chi connectivity index (χ1n) is 40.2. The Morgan fingerprint density at radius 3 is 0.985 bits per heavy atom. The van der Waals surface area contributed by atoms with Crippen LogP contribution in [0.3, 0.4) is 0 Å². The van der Waals surface area contributed by atoms with E-state index in [1.807, 2.05) is 90.1 Å². The number of carbonyl (C=O) groups is 4. The van der Waals surface area contributed by atoms with Gasteiger partial charge in [-0.05, 0) is 175 Å². The van der Waals surface area contributed by atoms with Gasteiger partial charge in [0.05, 0.1) is 121 Å². The molecule has 8 aromatic heterocycles. The van der Waals surface area contributed by atoms with Crippen molar-refractivity contribution in [2.45, 2.75) is 166 Å². The maximum Gasteiger partial charge on any atom is 0.419 e. The second-order valence-corrected chi connectivity index (χ2v) is 38.8. The number of carboxylic acid groups (broad SMARTS) is 4. The van der Waals surface area contributed by atoms with E-state index in [1.165, 1.54) is 116 Å². The second kappa shape index (κ2) is 42.0. The van der Waals surface area contributed by atoms with E-state index in [1.54, 1.807) is 25.6 Å². The molecule has 0 aliphatic rings. The van der Waals surface area contributed by atoms with Gasteiger partial charge in [0.15, 0.2) is 22.9 Å². The fraction of sp³-hybridized carbons (Fsp3) is 0.261. The van der Waals surface area contributed by atoms with E-state index in [2.05, 4.69) is 39.9 Å². The Morgan fingerprint density at radius 1 is 0.351 bits per heavy atom. The third-order valence-corrected chi connectivity index (χ3v) is 29.3. The molecule has 0 atom stereocenters. The minimum atomic E-state index is -4.76. The van der Waals surface area contributed by atoms with Crippen molar-refractivity contribution in [1.29, 1.82) is 0 Å². The van der Waals surface area contributed by atoms with Gasteiger partial charge in [-0.1, -0.05) is 36.4 Å². The molecule has 0 aliphatic heterocycles. The van der Waals surface area contributed by atoms with Gasteiger partial charge in [0.25, 0.3) is 0 Å². The number of fused-ring (bicyclic) bond motifs is 4. The Morgan fingerprint density at radius 2 is 0.657 bits per heavy atom. The molecule has 0 radical (unpaired) electrons. The fourth-order valence-electron chi connectivity index (χ4n) is 13.1. The van der Waals surface area contributed by atoms with Crippen molar-refractivity contribution in [3.8, 4) is 53.8 Å². The minimum absolute atomic E-state index is 0.0115. The summed E-state index contributed by atoms with van der Waals surface area (Å²) in [6, 6.07) is 30.8. The standard InChI is InChI=1S/2C23H18F4N2O3S2.2C23H19F3N2O3S2/c1-11-7-16-21(32-19(29-16)5-6-20(30)31)17(8-11)33-10-18-12(2)28-22(34-18)13-3-4-14(15(24)9-13)23(25,26)27;1-11-7-16-21(34-19(29-16)5-6-20(30)31)17(8-11)32-10-18-12(2)28-22(33-18)13-3-4-14(15(24)9-13)23(25,26)27;1-12-9-16-21(31-19(28-16)7-8-20(29)30)17(10-12)32-11-18-13(2)27-22(33-18)14-3-5-15(6-4-14)23(24,25)26;1-12-9-16-21(33-19(28-16)7-8-20(29)30)17(10-12)31-11-18-13(2)27-22(32-18)14-3-5-15(6-4-14)23(24,25)26/h2*3-4,7-9H,5-6,10H2,1-2H3,(H,30,31);2*3-6,9-10H,7-8,11H2,1-2H3,(H,29,30). The molecular weight excluding hydrogens is 1930 g/mol. The summed E-state index contributed by atoms with van der Waals surface area (Å²) in [6.07, 6.45) is -17.3. The topological polar surface area (TPSA) is 297 Å². The van der Waals surface area contributed by atoms with Gasteiger partial charge >= 0.3 is 48.6 Å². The van der Waals surface area contributed by atoms with Crippen LogP contribution in [0.4, 0.5) is 61.5 Å². The number of halogens is 14. The number of hydrogen-bond donors (Lipinski definition) is 4. The Kier molecular flexibility index (Phi) is 31.2. The van der Waals surface area contributed by atoms with Crippen LogP contribution < -0.4 is 9.47 Å². The summed E-state index contributed by atoms with van der Waals surface area (Å²) in [6.45, 7) is 15.4.